The van der Waals surface area contributed by atoms with Gasteiger partial charge in [-0.25, -0.2) is 13.1 Å². The van der Waals surface area contributed by atoms with Crippen LogP contribution >= 0.6 is 35.3 Å². The summed E-state index contributed by atoms with van der Waals surface area (Å²) in [4.78, 5) is 5.53. The Labute approximate surface area is 203 Å². The minimum absolute atomic E-state index is 0. The fraction of sp³-hybridized carbons (Fsp3) is 0.350. The molecule has 170 valence electrons. The molecule has 0 radical (unpaired) electrons. The van der Waals surface area contributed by atoms with Crippen LogP contribution in [0, 0.1) is 0 Å². The number of aliphatic hydroxyl groups excluding tert-OH is 1. The number of rotatable bonds is 9. The summed E-state index contributed by atoms with van der Waals surface area (Å²) < 4.78 is 29.8. The van der Waals surface area contributed by atoms with Gasteiger partial charge in [-0.3, -0.25) is 4.99 Å². The summed E-state index contributed by atoms with van der Waals surface area (Å²) in [6.45, 7) is 3.37. The minimum atomic E-state index is -3.53. The van der Waals surface area contributed by atoms with Crippen LogP contribution in [-0.4, -0.2) is 50.2 Å². The zero-order valence-corrected chi connectivity index (χ0v) is 21.4. The van der Waals surface area contributed by atoms with E-state index >= 15 is 0 Å². The fourth-order valence-corrected chi connectivity index (χ4v) is 4.99. The van der Waals surface area contributed by atoms with Gasteiger partial charge in [0.25, 0.3) is 0 Å². The summed E-state index contributed by atoms with van der Waals surface area (Å²) >= 11 is 1.56. The van der Waals surface area contributed by atoms with Crippen LogP contribution in [0.4, 0.5) is 0 Å². The molecule has 4 N–H and O–H groups in total. The molecule has 0 amide bonds. The molecule has 2 aromatic heterocycles. The van der Waals surface area contributed by atoms with E-state index in [4.69, 9.17) is 0 Å². The number of aryl methyl sites for hydroxylation is 1. The number of aliphatic hydroxyl groups is 1. The fourth-order valence-electron chi connectivity index (χ4n) is 2.86. The lowest BCUT2D eigenvalue weighted by Crippen LogP contribution is -2.41. The first kappa shape index (κ1) is 25.6. The largest absolute Gasteiger partial charge is 0.386 e. The van der Waals surface area contributed by atoms with E-state index in [0.29, 0.717) is 19.0 Å². The van der Waals surface area contributed by atoms with E-state index in [9.17, 15) is 13.5 Å². The highest BCUT2D eigenvalue weighted by Crippen LogP contribution is 2.29. The van der Waals surface area contributed by atoms with Gasteiger partial charge in [0.05, 0.1) is 11.4 Å². The molecule has 2 heterocycles. The second-order valence-electron chi connectivity index (χ2n) is 6.76. The van der Waals surface area contributed by atoms with E-state index in [0.717, 1.165) is 15.0 Å². The molecule has 0 aliphatic rings. The van der Waals surface area contributed by atoms with Crippen molar-refractivity contribution in [1.82, 2.24) is 19.9 Å². The van der Waals surface area contributed by atoms with Crippen molar-refractivity contribution < 1.29 is 13.5 Å². The van der Waals surface area contributed by atoms with E-state index < -0.39 is 16.1 Å². The van der Waals surface area contributed by atoms with Gasteiger partial charge in [-0.2, -0.15) is 0 Å². The zero-order valence-electron chi connectivity index (χ0n) is 17.4. The Bertz CT molecular complexity index is 1080. The van der Waals surface area contributed by atoms with Crippen molar-refractivity contribution in [3.05, 3.63) is 53.7 Å². The van der Waals surface area contributed by atoms with Crippen LogP contribution in [0.1, 0.15) is 17.9 Å². The number of nitrogens with zero attached hydrogens (tertiary/aromatic N) is 2. The molecule has 0 aliphatic heterocycles. The first-order chi connectivity index (χ1) is 14.4. The first-order valence-corrected chi connectivity index (χ1v) is 12.0. The van der Waals surface area contributed by atoms with Crippen molar-refractivity contribution in [2.75, 3.05) is 26.2 Å². The summed E-state index contributed by atoms with van der Waals surface area (Å²) in [5.41, 5.74) is 0. The number of fused-ring (bicyclic) bond motifs is 1. The van der Waals surface area contributed by atoms with Gasteiger partial charge in [0, 0.05) is 48.7 Å². The molecule has 1 atom stereocenters. The Morgan fingerprint density at radius 3 is 2.68 bits per heavy atom. The monoisotopic (exact) mass is 577 g/mol. The summed E-state index contributed by atoms with van der Waals surface area (Å²) in [7, 11) is -1.76. The van der Waals surface area contributed by atoms with Crippen LogP contribution in [-0.2, 0) is 17.1 Å². The van der Waals surface area contributed by atoms with Crippen LogP contribution in [0.3, 0.4) is 0 Å². The van der Waals surface area contributed by atoms with E-state index in [2.05, 4.69) is 20.3 Å². The summed E-state index contributed by atoms with van der Waals surface area (Å²) in [6.07, 6.45) is 2.54. The van der Waals surface area contributed by atoms with E-state index in [1.807, 2.05) is 37.3 Å². The number of thiophene rings is 1. The Kier molecular flexibility index (Phi) is 9.75. The third-order valence-corrected chi connectivity index (χ3v) is 7.03. The molecule has 1 aromatic carbocycles. The number of halogens is 1. The van der Waals surface area contributed by atoms with Crippen molar-refractivity contribution in [3.63, 3.8) is 0 Å². The molecule has 0 saturated heterocycles. The summed E-state index contributed by atoms with van der Waals surface area (Å²) in [6, 6.07) is 11.5. The first-order valence-electron chi connectivity index (χ1n) is 9.69. The second kappa shape index (κ2) is 11.8. The van der Waals surface area contributed by atoms with Crippen LogP contribution < -0.4 is 15.4 Å². The highest BCUT2D eigenvalue weighted by atomic mass is 127. The van der Waals surface area contributed by atoms with Gasteiger partial charge in [-0.15, -0.1) is 35.3 Å². The maximum absolute atomic E-state index is 12.2. The highest BCUT2D eigenvalue weighted by molar-refractivity contribution is 14.0. The smallest absolute Gasteiger partial charge is 0.242 e. The van der Waals surface area contributed by atoms with Gasteiger partial charge < -0.3 is 20.3 Å². The third kappa shape index (κ3) is 7.17. The molecule has 0 saturated carbocycles. The Morgan fingerprint density at radius 2 is 2.00 bits per heavy atom. The molecular weight excluding hydrogens is 549 g/mol. The van der Waals surface area contributed by atoms with Crippen LogP contribution in [0.15, 0.2) is 58.7 Å². The van der Waals surface area contributed by atoms with Crippen LogP contribution in [0.25, 0.3) is 10.1 Å². The van der Waals surface area contributed by atoms with Gasteiger partial charge in [-0.05, 0) is 30.5 Å². The van der Waals surface area contributed by atoms with Crippen LogP contribution in [0.2, 0.25) is 0 Å². The quantitative estimate of drug-likeness (QED) is 0.135. The topological polar surface area (TPSA) is 108 Å². The maximum atomic E-state index is 12.2. The predicted molar refractivity (Wildman–Crippen MR) is 137 cm³/mol. The predicted octanol–water partition coefficient (Wildman–Crippen LogP) is 2.42. The molecule has 1 unspecified atom stereocenters. The number of hydrogen-bond donors (Lipinski definition) is 4. The highest BCUT2D eigenvalue weighted by Gasteiger charge is 2.14. The van der Waals surface area contributed by atoms with Crippen molar-refractivity contribution in [1.29, 1.82) is 0 Å². The third-order valence-electron chi connectivity index (χ3n) is 4.36. The van der Waals surface area contributed by atoms with Crippen molar-refractivity contribution in [2.45, 2.75) is 17.9 Å². The number of aliphatic imine (C=N–C) groups is 1. The van der Waals surface area contributed by atoms with E-state index in [1.54, 1.807) is 41.4 Å². The number of sulfonamides is 1. The zero-order chi connectivity index (χ0) is 21.6. The second-order valence-corrected chi connectivity index (χ2v) is 9.64. The lowest BCUT2D eigenvalue weighted by Gasteiger charge is -2.13. The number of nitrogens with one attached hydrogen (secondary N) is 3. The van der Waals surface area contributed by atoms with Gasteiger partial charge in [0.2, 0.25) is 10.0 Å². The van der Waals surface area contributed by atoms with E-state index in [-0.39, 0.29) is 42.0 Å². The molecule has 3 aromatic rings. The SMILES string of the molecule is CCNC(=NCC(O)c1cc2ccccc2s1)NCCNS(=O)(=O)c1ccn(C)c1.I. The molecular formula is C20H28IN5O3S2. The van der Waals surface area contributed by atoms with Crippen molar-refractivity contribution in [2.24, 2.45) is 12.0 Å². The van der Waals surface area contributed by atoms with Gasteiger partial charge >= 0.3 is 0 Å². The van der Waals surface area contributed by atoms with E-state index in [1.165, 1.54) is 0 Å². The van der Waals surface area contributed by atoms with Crippen molar-refractivity contribution in [3.8, 4) is 0 Å². The number of aromatic nitrogens is 1. The lowest BCUT2D eigenvalue weighted by molar-refractivity contribution is 0.191. The standard InChI is InChI=1S/C20H27N5O3S2.HI/c1-3-21-20(22-9-10-24-30(27,28)16-8-11-25(2)14-16)23-13-17(26)19-12-15-6-4-5-7-18(15)29-19;/h4-8,11-12,14,17,24,26H,3,9-10,13H2,1-2H3,(H2,21,22,23);1H. The van der Waals surface area contributed by atoms with Gasteiger partial charge in [0.1, 0.15) is 6.10 Å². The Balaban J connectivity index is 0.00000341. The molecule has 3 rings (SSSR count). The average Bonchev–Trinajstić information content (AvgIpc) is 3.35. The average molecular weight is 578 g/mol. The molecule has 0 fully saturated rings. The Hall–Kier alpha value is -1.67. The maximum Gasteiger partial charge on any atom is 0.242 e. The number of benzene rings is 1. The van der Waals surface area contributed by atoms with Crippen LogP contribution in [0.5, 0.6) is 0 Å². The minimum Gasteiger partial charge on any atom is -0.386 e. The number of guanidine groups is 1. The molecule has 0 bridgehead atoms. The molecule has 0 aliphatic carbocycles. The lowest BCUT2D eigenvalue weighted by atomic mass is 10.2. The summed E-state index contributed by atoms with van der Waals surface area (Å²) in [5, 5.41) is 17.8. The molecule has 8 nitrogen and oxygen atoms in total. The molecule has 31 heavy (non-hydrogen) atoms. The van der Waals surface area contributed by atoms with Gasteiger partial charge in [0.15, 0.2) is 5.96 Å². The molecule has 0 spiro atoms. The van der Waals surface area contributed by atoms with Gasteiger partial charge in [-0.1, -0.05) is 18.2 Å². The van der Waals surface area contributed by atoms with Crippen molar-refractivity contribution >= 4 is 61.4 Å². The summed E-state index contributed by atoms with van der Waals surface area (Å²) in [5.74, 6) is 0.525. The normalized spacial score (nSPS) is 13.1. The number of hydrogen-bond acceptors (Lipinski definition) is 5. The molecule has 11 heteroatoms. The Morgan fingerprint density at radius 1 is 1.23 bits per heavy atom.